The summed E-state index contributed by atoms with van der Waals surface area (Å²) in [6.45, 7) is 2.41. The second kappa shape index (κ2) is 13.5. The van der Waals surface area contributed by atoms with Crippen LogP contribution in [0.15, 0.2) is 11.7 Å². The first-order valence-corrected chi connectivity index (χ1v) is 7.23. The molecule has 0 fully saturated rings. The summed E-state index contributed by atoms with van der Waals surface area (Å²) in [6, 6.07) is 0. The number of allylic oxidation sites excluding steroid dienone is 1. The van der Waals surface area contributed by atoms with Crippen molar-refractivity contribution >= 4 is 0 Å². The molecule has 4 heteroatoms. The first-order valence-electron chi connectivity index (χ1n) is 7.23. The zero-order valence-corrected chi connectivity index (χ0v) is 13.0. The summed E-state index contributed by atoms with van der Waals surface area (Å²) in [7, 11) is 4.80. The van der Waals surface area contributed by atoms with Gasteiger partial charge in [0.1, 0.15) is 0 Å². The van der Waals surface area contributed by atoms with Crippen LogP contribution in [-0.2, 0) is 18.9 Å². The first kappa shape index (κ1) is 18.1. The van der Waals surface area contributed by atoms with Gasteiger partial charge in [0, 0.05) is 13.5 Å². The van der Waals surface area contributed by atoms with Crippen molar-refractivity contribution in [1.82, 2.24) is 0 Å². The van der Waals surface area contributed by atoms with E-state index >= 15 is 0 Å². The smallest absolute Gasteiger partial charge is 0.320 e. The molecule has 0 saturated heterocycles. The predicted molar refractivity (Wildman–Crippen MR) is 76.6 cm³/mol. The second-order valence-electron chi connectivity index (χ2n) is 4.54. The average Bonchev–Trinajstić information content (AvgIpc) is 2.44. The molecule has 0 aliphatic rings. The van der Waals surface area contributed by atoms with E-state index in [1.165, 1.54) is 38.5 Å². The first-order chi connectivity index (χ1) is 9.29. The molecule has 0 rings (SSSR count). The molecule has 19 heavy (non-hydrogen) atoms. The zero-order valence-electron chi connectivity index (χ0n) is 13.0. The van der Waals surface area contributed by atoms with Crippen molar-refractivity contribution < 1.29 is 18.9 Å². The highest BCUT2D eigenvalue weighted by molar-refractivity contribution is 4.94. The summed E-state index contributed by atoms with van der Waals surface area (Å²) in [5, 5.41) is 0. The third kappa shape index (κ3) is 9.65. The lowest BCUT2D eigenvalue weighted by molar-refractivity contribution is -0.0570. The van der Waals surface area contributed by atoms with Crippen LogP contribution in [0.3, 0.4) is 0 Å². The molecule has 114 valence electrons. The Bertz CT molecular complexity index is 226. The van der Waals surface area contributed by atoms with E-state index in [9.17, 15) is 0 Å². The molecule has 0 unspecified atom stereocenters. The van der Waals surface area contributed by atoms with Crippen LogP contribution >= 0.6 is 0 Å². The maximum atomic E-state index is 5.32. The van der Waals surface area contributed by atoms with Crippen LogP contribution in [0.4, 0.5) is 0 Å². The normalized spacial score (nSPS) is 12.0. The summed E-state index contributed by atoms with van der Waals surface area (Å²) in [4.78, 5) is 0. The van der Waals surface area contributed by atoms with Crippen molar-refractivity contribution in [2.24, 2.45) is 0 Å². The number of rotatable bonds is 13. The maximum Gasteiger partial charge on any atom is 0.320 e. The molecular formula is C15H30O4. The third-order valence-electron chi connectivity index (χ3n) is 2.97. The van der Waals surface area contributed by atoms with E-state index in [0.29, 0.717) is 5.95 Å². The van der Waals surface area contributed by atoms with Crippen molar-refractivity contribution in [3.05, 3.63) is 11.7 Å². The standard InChI is InChI=1S/C15H30O4/c1-5-6-7-8-9-10-11-12-14(17-3)15(18-4)19-13-16-2/h5-13H2,1-4H3/b15-14-. The molecule has 0 aliphatic heterocycles. The highest BCUT2D eigenvalue weighted by atomic mass is 16.7. The molecule has 0 heterocycles. The van der Waals surface area contributed by atoms with Gasteiger partial charge in [-0.2, -0.15) is 0 Å². The quantitative estimate of drug-likeness (QED) is 0.286. The topological polar surface area (TPSA) is 36.9 Å². The van der Waals surface area contributed by atoms with Crippen LogP contribution in [0.25, 0.3) is 0 Å². The van der Waals surface area contributed by atoms with Crippen LogP contribution in [0, 0.1) is 0 Å². The van der Waals surface area contributed by atoms with Crippen molar-refractivity contribution in [1.29, 1.82) is 0 Å². The fourth-order valence-corrected chi connectivity index (χ4v) is 1.90. The maximum absolute atomic E-state index is 5.32. The lowest BCUT2D eigenvalue weighted by atomic mass is 10.1. The van der Waals surface area contributed by atoms with Crippen LogP contribution < -0.4 is 0 Å². The molecule has 0 radical (unpaired) electrons. The van der Waals surface area contributed by atoms with E-state index in [1.807, 2.05) is 0 Å². The highest BCUT2D eigenvalue weighted by Gasteiger charge is 2.09. The van der Waals surface area contributed by atoms with E-state index in [-0.39, 0.29) is 6.79 Å². The van der Waals surface area contributed by atoms with Gasteiger partial charge in [-0.3, -0.25) is 0 Å². The molecule has 0 aromatic rings. The predicted octanol–water partition coefficient (Wildman–Crippen LogP) is 4.21. The molecule has 0 spiro atoms. The van der Waals surface area contributed by atoms with Crippen LogP contribution in [0.5, 0.6) is 0 Å². The number of methoxy groups -OCH3 is 3. The minimum atomic E-state index is 0.174. The molecular weight excluding hydrogens is 244 g/mol. The fraction of sp³-hybridized carbons (Fsp3) is 0.867. The van der Waals surface area contributed by atoms with Gasteiger partial charge in [0.05, 0.1) is 14.2 Å². The van der Waals surface area contributed by atoms with E-state index in [2.05, 4.69) is 6.92 Å². The zero-order chi connectivity index (χ0) is 14.3. The van der Waals surface area contributed by atoms with Crippen LogP contribution in [0.2, 0.25) is 0 Å². The molecule has 0 aromatic heterocycles. The summed E-state index contributed by atoms with van der Waals surface area (Å²) < 4.78 is 20.7. The van der Waals surface area contributed by atoms with E-state index in [0.717, 1.165) is 18.6 Å². The number of unbranched alkanes of at least 4 members (excludes halogenated alkanes) is 6. The Kier molecular flexibility index (Phi) is 12.9. The van der Waals surface area contributed by atoms with Gasteiger partial charge in [0.15, 0.2) is 12.6 Å². The Morgan fingerprint density at radius 2 is 1.42 bits per heavy atom. The average molecular weight is 274 g/mol. The van der Waals surface area contributed by atoms with Gasteiger partial charge in [-0.25, -0.2) is 0 Å². The van der Waals surface area contributed by atoms with E-state index in [4.69, 9.17) is 18.9 Å². The van der Waals surface area contributed by atoms with Gasteiger partial charge in [0.25, 0.3) is 0 Å². The van der Waals surface area contributed by atoms with Gasteiger partial charge in [0.2, 0.25) is 0 Å². The lowest BCUT2D eigenvalue weighted by Crippen LogP contribution is -2.04. The monoisotopic (exact) mass is 274 g/mol. The summed E-state index contributed by atoms with van der Waals surface area (Å²) in [5.74, 6) is 1.18. The summed E-state index contributed by atoms with van der Waals surface area (Å²) >= 11 is 0. The third-order valence-corrected chi connectivity index (χ3v) is 2.97. The van der Waals surface area contributed by atoms with E-state index in [1.54, 1.807) is 21.3 Å². The minimum Gasteiger partial charge on any atom is -0.494 e. The largest absolute Gasteiger partial charge is 0.494 e. The molecule has 0 aliphatic carbocycles. The van der Waals surface area contributed by atoms with Crippen LogP contribution in [0.1, 0.15) is 58.3 Å². The van der Waals surface area contributed by atoms with Crippen molar-refractivity contribution in [2.75, 3.05) is 28.1 Å². The highest BCUT2D eigenvalue weighted by Crippen LogP contribution is 2.17. The number of hydrogen-bond acceptors (Lipinski definition) is 4. The van der Waals surface area contributed by atoms with Gasteiger partial charge >= 0.3 is 5.95 Å². The summed E-state index contributed by atoms with van der Waals surface area (Å²) in [6.07, 6.45) is 9.78. The molecule has 0 amide bonds. The van der Waals surface area contributed by atoms with Gasteiger partial charge in [-0.15, -0.1) is 0 Å². The van der Waals surface area contributed by atoms with Gasteiger partial charge in [-0.05, 0) is 6.42 Å². The van der Waals surface area contributed by atoms with E-state index < -0.39 is 0 Å². The molecule has 0 saturated carbocycles. The van der Waals surface area contributed by atoms with Crippen molar-refractivity contribution in [3.63, 3.8) is 0 Å². The Morgan fingerprint density at radius 3 is 1.95 bits per heavy atom. The van der Waals surface area contributed by atoms with Crippen LogP contribution in [-0.4, -0.2) is 28.1 Å². The Labute approximate surface area is 118 Å². The van der Waals surface area contributed by atoms with Crippen molar-refractivity contribution in [3.8, 4) is 0 Å². The van der Waals surface area contributed by atoms with Gasteiger partial charge < -0.3 is 18.9 Å². The van der Waals surface area contributed by atoms with Gasteiger partial charge in [-0.1, -0.05) is 45.4 Å². The minimum absolute atomic E-state index is 0.174. The molecule has 0 atom stereocenters. The number of ether oxygens (including phenoxy) is 4. The molecule has 4 nitrogen and oxygen atoms in total. The van der Waals surface area contributed by atoms with Crippen molar-refractivity contribution in [2.45, 2.75) is 58.3 Å². The second-order valence-corrected chi connectivity index (χ2v) is 4.54. The summed E-state index contributed by atoms with van der Waals surface area (Å²) in [5.41, 5.74) is 0. The molecule has 0 N–H and O–H groups in total. The Balaban J connectivity index is 3.86. The molecule has 0 bridgehead atoms. The lowest BCUT2D eigenvalue weighted by Gasteiger charge is -2.13. The Hall–Kier alpha value is -0.900. The molecule has 0 aromatic carbocycles. The fourth-order valence-electron chi connectivity index (χ4n) is 1.90. The Morgan fingerprint density at radius 1 is 0.789 bits per heavy atom. The SMILES string of the molecule is CCCCCCCCC/C(OC)=C(\OC)OCOC. The number of hydrogen-bond donors (Lipinski definition) is 0.